The van der Waals surface area contributed by atoms with Crippen LogP contribution in [0, 0.1) is 0 Å². The molecule has 0 aliphatic heterocycles. The largest absolute Gasteiger partial charge is 0.398 e. The molecule has 8 heavy (non-hydrogen) atoms. The van der Waals surface area contributed by atoms with Gasteiger partial charge in [0.1, 0.15) is 0 Å². The van der Waals surface area contributed by atoms with E-state index in [4.69, 9.17) is 17.3 Å². The van der Waals surface area contributed by atoms with Crippen LogP contribution in [0.5, 0.6) is 0 Å². The lowest BCUT2D eigenvalue weighted by Gasteiger charge is -1.90. The zero-order chi connectivity index (χ0) is 6.57. The van der Waals surface area contributed by atoms with Crippen LogP contribution in [0.1, 0.15) is 0 Å². The van der Waals surface area contributed by atoms with Crippen molar-refractivity contribution in [3.63, 3.8) is 0 Å². The molecule has 0 rings (SSSR count). The summed E-state index contributed by atoms with van der Waals surface area (Å²) in [4.78, 5) is 0. The first-order valence-corrected chi connectivity index (χ1v) is 2.49. The number of halogens is 1. The Morgan fingerprint density at radius 1 is 1.62 bits per heavy atom. The predicted octanol–water partition coefficient (Wildman–Crippen LogP) is 1.77. The summed E-state index contributed by atoms with van der Waals surface area (Å²) in [7, 11) is 0. The standard InChI is InChI=1S/C6H8ClN/c1-3-4-6(8)5(2)7/h3-4H,1-2,8H2/b6-4+. The summed E-state index contributed by atoms with van der Waals surface area (Å²) in [5.74, 6) is 0. The molecule has 0 aliphatic carbocycles. The molecule has 2 N–H and O–H groups in total. The molecular formula is C6H8ClN. The van der Waals surface area contributed by atoms with Crippen LogP contribution in [-0.2, 0) is 0 Å². The molecule has 0 aliphatic rings. The molecule has 0 heterocycles. The molecule has 0 aromatic heterocycles. The number of rotatable bonds is 2. The maximum atomic E-state index is 5.37. The Kier molecular flexibility index (Phi) is 3.04. The van der Waals surface area contributed by atoms with Gasteiger partial charge in [0.15, 0.2) is 0 Å². The lowest BCUT2D eigenvalue weighted by molar-refractivity contribution is 1.41. The highest BCUT2D eigenvalue weighted by Crippen LogP contribution is 2.04. The van der Waals surface area contributed by atoms with Crippen LogP contribution in [0.2, 0.25) is 0 Å². The number of hydrogen-bond acceptors (Lipinski definition) is 1. The van der Waals surface area contributed by atoms with Gasteiger partial charge in [0, 0.05) is 5.70 Å². The van der Waals surface area contributed by atoms with Gasteiger partial charge >= 0.3 is 0 Å². The summed E-state index contributed by atoms with van der Waals surface area (Å²) in [6, 6.07) is 0. The van der Waals surface area contributed by atoms with E-state index < -0.39 is 0 Å². The monoisotopic (exact) mass is 129 g/mol. The normalized spacial score (nSPS) is 10.9. The molecule has 0 amide bonds. The fraction of sp³-hybridized carbons (Fsp3) is 0. The average Bonchev–Trinajstić information content (AvgIpc) is 1.67. The van der Waals surface area contributed by atoms with Crippen LogP contribution < -0.4 is 5.73 Å². The third-order valence-electron chi connectivity index (χ3n) is 0.611. The Bertz CT molecular complexity index is 135. The van der Waals surface area contributed by atoms with Crippen molar-refractivity contribution < 1.29 is 0 Å². The van der Waals surface area contributed by atoms with E-state index in [1.54, 1.807) is 12.2 Å². The molecule has 0 aromatic carbocycles. The lowest BCUT2D eigenvalue weighted by Crippen LogP contribution is -1.94. The van der Waals surface area contributed by atoms with Crippen LogP contribution in [0.4, 0.5) is 0 Å². The number of hydrogen-bond donors (Lipinski definition) is 1. The molecule has 0 unspecified atom stereocenters. The van der Waals surface area contributed by atoms with Crippen molar-refractivity contribution in [3.05, 3.63) is 36.0 Å². The topological polar surface area (TPSA) is 26.0 Å². The van der Waals surface area contributed by atoms with Crippen molar-refractivity contribution in [3.8, 4) is 0 Å². The summed E-state index contributed by atoms with van der Waals surface area (Å²) < 4.78 is 0. The van der Waals surface area contributed by atoms with Crippen molar-refractivity contribution in [2.75, 3.05) is 0 Å². The van der Waals surface area contributed by atoms with Crippen LogP contribution in [0.15, 0.2) is 36.0 Å². The zero-order valence-electron chi connectivity index (χ0n) is 4.52. The second-order valence-electron chi connectivity index (χ2n) is 1.26. The van der Waals surface area contributed by atoms with Gasteiger partial charge in [-0.1, -0.05) is 30.8 Å². The number of nitrogens with two attached hydrogens (primary N) is 1. The van der Waals surface area contributed by atoms with Crippen LogP contribution in [0.25, 0.3) is 0 Å². The Hall–Kier alpha value is -0.690. The molecule has 0 fully saturated rings. The van der Waals surface area contributed by atoms with Crippen molar-refractivity contribution in [2.24, 2.45) is 5.73 Å². The fourth-order valence-corrected chi connectivity index (χ4v) is 0.280. The molecule has 44 valence electrons. The molecule has 0 spiro atoms. The Morgan fingerprint density at radius 2 is 2.12 bits per heavy atom. The van der Waals surface area contributed by atoms with Gasteiger partial charge < -0.3 is 5.73 Å². The zero-order valence-corrected chi connectivity index (χ0v) is 5.28. The van der Waals surface area contributed by atoms with E-state index in [0.29, 0.717) is 10.7 Å². The van der Waals surface area contributed by atoms with Crippen molar-refractivity contribution in [1.29, 1.82) is 0 Å². The Morgan fingerprint density at radius 3 is 2.25 bits per heavy atom. The van der Waals surface area contributed by atoms with E-state index in [0.717, 1.165) is 0 Å². The van der Waals surface area contributed by atoms with Crippen LogP contribution in [-0.4, -0.2) is 0 Å². The van der Waals surface area contributed by atoms with E-state index in [1.807, 2.05) is 0 Å². The second kappa shape index (κ2) is 3.33. The lowest BCUT2D eigenvalue weighted by atomic mass is 10.4. The van der Waals surface area contributed by atoms with E-state index in [1.165, 1.54) is 0 Å². The first-order valence-electron chi connectivity index (χ1n) is 2.11. The highest BCUT2D eigenvalue weighted by atomic mass is 35.5. The minimum absolute atomic E-state index is 0.352. The van der Waals surface area contributed by atoms with Gasteiger partial charge in [-0.25, -0.2) is 0 Å². The third kappa shape index (κ3) is 2.48. The summed E-state index contributed by atoms with van der Waals surface area (Å²) in [5, 5.41) is 0.352. The minimum atomic E-state index is 0.352. The molecule has 0 aromatic rings. The first kappa shape index (κ1) is 7.31. The molecule has 0 saturated carbocycles. The number of allylic oxidation sites excluding steroid dienone is 3. The van der Waals surface area contributed by atoms with Crippen molar-refractivity contribution in [2.45, 2.75) is 0 Å². The first-order chi connectivity index (χ1) is 3.68. The van der Waals surface area contributed by atoms with Crippen LogP contribution in [0.3, 0.4) is 0 Å². The summed E-state index contributed by atoms with van der Waals surface area (Å²) in [6.07, 6.45) is 3.15. The highest BCUT2D eigenvalue weighted by Gasteiger charge is 1.86. The highest BCUT2D eigenvalue weighted by molar-refractivity contribution is 6.31. The summed E-state index contributed by atoms with van der Waals surface area (Å²) in [5.41, 5.74) is 5.75. The van der Waals surface area contributed by atoms with Gasteiger partial charge in [-0.2, -0.15) is 0 Å². The van der Waals surface area contributed by atoms with Gasteiger partial charge in [0.25, 0.3) is 0 Å². The second-order valence-corrected chi connectivity index (χ2v) is 1.72. The molecule has 0 bridgehead atoms. The molecule has 1 nitrogen and oxygen atoms in total. The molecule has 0 atom stereocenters. The molecule has 0 radical (unpaired) electrons. The SMILES string of the molecule is C=C/C=C(/N)C(=C)Cl. The summed E-state index contributed by atoms with van der Waals surface area (Å²) >= 11 is 5.37. The fourth-order valence-electron chi connectivity index (χ4n) is 0.217. The minimum Gasteiger partial charge on any atom is -0.398 e. The van der Waals surface area contributed by atoms with E-state index in [9.17, 15) is 0 Å². The quantitative estimate of drug-likeness (QED) is 0.565. The van der Waals surface area contributed by atoms with Crippen LogP contribution >= 0.6 is 11.6 Å². The van der Waals surface area contributed by atoms with Crippen molar-refractivity contribution >= 4 is 11.6 Å². The van der Waals surface area contributed by atoms with Gasteiger partial charge in [0.05, 0.1) is 5.03 Å². The Balaban J connectivity index is 3.99. The average molecular weight is 130 g/mol. The van der Waals surface area contributed by atoms with Gasteiger partial charge in [-0.3, -0.25) is 0 Å². The third-order valence-corrected chi connectivity index (χ3v) is 0.829. The van der Waals surface area contributed by atoms with Gasteiger partial charge in [0.2, 0.25) is 0 Å². The summed E-state index contributed by atoms with van der Waals surface area (Å²) in [6.45, 7) is 6.82. The Labute approximate surface area is 54.1 Å². The van der Waals surface area contributed by atoms with Gasteiger partial charge in [-0.05, 0) is 6.08 Å². The van der Waals surface area contributed by atoms with E-state index in [-0.39, 0.29) is 0 Å². The smallest absolute Gasteiger partial charge is 0.0563 e. The van der Waals surface area contributed by atoms with Gasteiger partial charge in [-0.15, -0.1) is 0 Å². The predicted molar refractivity (Wildman–Crippen MR) is 37.5 cm³/mol. The maximum Gasteiger partial charge on any atom is 0.0563 e. The maximum absolute atomic E-state index is 5.37. The van der Waals surface area contributed by atoms with E-state index >= 15 is 0 Å². The molecular weight excluding hydrogens is 122 g/mol. The molecule has 0 saturated heterocycles. The van der Waals surface area contributed by atoms with E-state index in [2.05, 4.69) is 13.2 Å². The molecule has 2 heteroatoms. The van der Waals surface area contributed by atoms with Crippen molar-refractivity contribution in [1.82, 2.24) is 0 Å².